The van der Waals surface area contributed by atoms with Crippen LogP contribution in [-0.2, 0) is 5.41 Å². The first-order chi connectivity index (χ1) is 12.5. The number of ether oxygens (including phenoxy) is 1. The highest BCUT2D eigenvalue weighted by Gasteiger charge is 2.37. The second-order valence-corrected chi connectivity index (χ2v) is 7.91. The molecule has 1 atom stereocenters. The average molecular weight is 354 g/mol. The molecule has 1 unspecified atom stereocenters. The number of aromatic amines is 1. The number of nitrogens with zero attached hydrogens (tertiary/aromatic N) is 3. The number of rotatable bonds is 2. The molecule has 1 aromatic carbocycles. The molecule has 138 valence electrons. The van der Waals surface area contributed by atoms with Crippen molar-refractivity contribution in [3.05, 3.63) is 41.7 Å². The summed E-state index contributed by atoms with van der Waals surface area (Å²) in [6, 6.07) is 6.15. The fraction of sp³-hybridized carbons (Fsp3) is 0.500. The number of hydrogen-bond acceptors (Lipinski definition) is 3. The molecule has 1 fully saturated rings. The normalized spacial score (nSPS) is 21.6. The zero-order valence-corrected chi connectivity index (χ0v) is 15.7. The molecule has 0 aliphatic carbocycles. The number of hydrogen-bond donors (Lipinski definition) is 1. The Bertz CT molecular complexity index is 800. The molecule has 26 heavy (non-hydrogen) atoms. The summed E-state index contributed by atoms with van der Waals surface area (Å²) in [6.07, 6.45) is 5.73. The van der Waals surface area contributed by atoms with E-state index in [0.29, 0.717) is 5.92 Å². The van der Waals surface area contributed by atoms with Gasteiger partial charge in [-0.1, -0.05) is 13.8 Å². The lowest BCUT2D eigenvalue weighted by Crippen LogP contribution is -2.47. The van der Waals surface area contributed by atoms with Gasteiger partial charge in [-0.25, -0.2) is 4.79 Å². The van der Waals surface area contributed by atoms with Crippen LogP contribution in [0.25, 0.3) is 0 Å². The summed E-state index contributed by atoms with van der Waals surface area (Å²) < 4.78 is 5.40. The van der Waals surface area contributed by atoms with Crippen molar-refractivity contribution in [3.63, 3.8) is 0 Å². The number of likely N-dealkylation sites (tertiary alicyclic amines) is 1. The monoisotopic (exact) mass is 354 g/mol. The summed E-state index contributed by atoms with van der Waals surface area (Å²) in [5, 5.41) is 6.91. The Labute approximate surface area is 154 Å². The van der Waals surface area contributed by atoms with E-state index >= 15 is 0 Å². The van der Waals surface area contributed by atoms with Gasteiger partial charge in [-0.3, -0.25) is 10.00 Å². The number of anilines is 1. The predicted molar refractivity (Wildman–Crippen MR) is 101 cm³/mol. The van der Waals surface area contributed by atoms with E-state index in [-0.39, 0.29) is 11.4 Å². The smallest absolute Gasteiger partial charge is 0.324 e. The molecule has 6 heteroatoms. The van der Waals surface area contributed by atoms with Gasteiger partial charge in [0.15, 0.2) is 0 Å². The molecule has 0 spiro atoms. The highest BCUT2D eigenvalue weighted by atomic mass is 16.5. The van der Waals surface area contributed by atoms with Crippen LogP contribution in [0.4, 0.5) is 10.5 Å². The summed E-state index contributed by atoms with van der Waals surface area (Å²) in [4.78, 5) is 17.2. The van der Waals surface area contributed by atoms with Crippen molar-refractivity contribution in [2.75, 3.05) is 31.6 Å². The second kappa shape index (κ2) is 6.34. The van der Waals surface area contributed by atoms with Gasteiger partial charge in [-0.15, -0.1) is 0 Å². The Morgan fingerprint density at radius 1 is 1.35 bits per heavy atom. The number of carbonyl (C=O) groups is 1. The van der Waals surface area contributed by atoms with E-state index in [4.69, 9.17) is 4.74 Å². The third kappa shape index (κ3) is 2.83. The van der Waals surface area contributed by atoms with Crippen molar-refractivity contribution < 1.29 is 9.53 Å². The first-order valence-electron chi connectivity index (χ1n) is 9.23. The Morgan fingerprint density at radius 2 is 2.19 bits per heavy atom. The van der Waals surface area contributed by atoms with Crippen LogP contribution in [0.3, 0.4) is 0 Å². The molecule has 1 saturated heterocycles. The Morgan fingerprint density at radius 3 is 2.92 bits per heavy atom. The van der Waals surface area contributed by atoms with E-state index in [2.05, 4.69) is 30.1 Å². The van der Waals surface area contributed by atoms with Crippen LogP contribution in [0.15, 0.2) is 30.6 Å². The summed E-state index contributed by atoms with van der Waals surface area (Å²) in [5.41, 5.74) is 3.41. The molecule has 1 N–H and O–H groups in total. The topological polar surface area (TPSA) is 61.5 Å². The molecular formula is C20H26N4O2. The fourth-order valence-electron chi connectivity index (χ4n) is 4.13. The van der Waals surface area contributed by atoms with Gasteiger partial charge < -0.3 is 9.64 Å². The van der Waals surface area contributed by atoms with Gasteiger partial charge in [0.25, 0.3) is 0 Å². The number of urea groups is 1. The van der Waals surface area contributed by atoms with E-state index in [1.807, 2.05) is 34.3 Å². The van der Waals surface area contributed by atoms with Crippen LogP contribution < -0.4 is 9.64 Å². The summed E-state index contributed by atoms with van der Waals surface area (Å²) in [5.74, 6) is 1.21. The molecular weight excluding hydrogens is 328 g/mol. The van der Waals surface area contributed by atoms with Crippen LogP contribution in [0.5, 0.6) is 5.75 Å². The summed E-state index contributed by atoms with van der Waals surface area (Å²) in [6.45, 7) is 6.76. The summed E-state index contributed by atoms with van der Waals surface area (Å²) >= 11 is 0. The van der Waals surface area contributed by atoms with Crippen molar-refractivity contribution >= 4 is 11.7 Å². The number of fused-ring (bicyclic) bond motifs is 1. The van der Waals surface area contributed by atoms with Crippen molar-refractivity contribution in [2.45, 2.75) is 38.0 Å². The maximum atomic E-state index is 13.2. The lowest BCUT2D eigenvalue weighted by atomic mass is 9.77. The van der Waals surface area contributed by atoms with E-state index in [9.17, 15) is 4.79 Å². The molecule has 1 aromatic heterocycles. The van der Waals surface area contributed by atoms with Crippen LogP contribution in [0, 0.1) is 0 Å². The molecule has 0 bridgehead atoms. The van der Waals surface area contributed by atoms with Crippen LogP contribution in [0.2, 0.25) is 0 Å². The fourth-order valence-corrected chi connectivity index (χ4v) is 4.13. The molecule has 2 amide bonds. The maximum absolute atomic E-state index is 13.2. The standard InChI is InChI=1S/C20H26N4O2/c1-20(2)7-9-24(18-5-4-16(26-3)10-17(18)20)19(25)23-8-6-14(13-23)15-11-21-22-12-15/h4-5,10-12,14H,6-9,13H2,1-3H3,(H,21,22). The quantitative estimate of drug-likeness (QED) is 0.898. The molecule has 0 radical (unpaired) electrons. The Balaban J connectivity index is 1.58. The number of amides is 2. The van der Waals surface area contributed by atoms with Crippen LogP contribution in [0.1, 0.15) is 43.7 Å². The molecule has 2 aliphatic rings. The van der Waals surface area contributed by atoms with Crippen molar-refractivity contribution in [1.29, 1.82) is 0 Å². The van der Waals surface area contributed by atoms with Crippen molar-refractivity contribution in [2.24, 2.45) is 0 Å². The predicted octanol–water partition coefficient (Wildman–Crippen LogP) is 3.52. The van der Waals surface area contributed by atoms with Crippen molar-refractivity contribution in [3.8, 4) is 5.75 Å². The minimum absolute atomic E-state index is 0.0327. The minimum atomic E-state index is 0.0327. The Hall–Kier alpha value is -2.50. The highest BCUT2D eigenvalue weighted by molar-refractivity contribution is 5.94. The third-order valence-electron chi connectivity index (χ3n) is 5.86. The second-order valence-electron chi connectivity index (χ2n) is 7.91. The number of aromatic nitrogens is 2. The first-order valence-corrected chi connectivity index (χ1v) is 9.23. The van der Waals surface area contributed by atoms with Gasteiger partial charge in [0.05, 0.1) is 13.3 Å². The number of carbonyl (C=O) groups excluding carboxylic acids is 1. The zero-order chi connectivity index (χ0) is 18.3. The van der Waals surface area contributed by atoms with E-state index in [1.54, 1.807) is 7.11 Å². The van der Waals surface area contributed by atoms with Crippen LogP contribution >= 0.6 is 0 Å². The van der Waals surface area contributed by atoms with Gasteiger partial charge >= 0.3 is 6.03 Å². The maximum Gasteiger partial charge on any atom is 0.324 e. The zero-order valence-electron chi connectivity index (χ0n) is 15.7. The number of benzene rings is 1. The lowest BCUT2D eigenvalue weighted by molar-refractivity contribution is 0.213. The largest absolute Gasteiger partial charge is 0.497 e. The number of H-pyrrole nitrogens is 1. The first kappa shape index (κ1) is 16.9. The van der Waals surface area contributed by atoms with Gasteiger partial charge in [0.2, 0.25) is 0 Å². The SMILES string of the molecule is COc1ccc2c(c1)C(C)(C)CCN2C(=O)N1CCC(c2cn[nH]c2)C1. The van der Waals surface area contributed by atoms with E-state index in [0.717, 1.165) is 43.9 Å². The average Bonchev–Trinajstić information content (AvgIpc) is 3.32. The lowest BCUT2D eigenvalue weighted by Gasteiger charge is -2.40. The third-order valence-corrected chi connectivity index (χ3v) is 5.86. The summed E-state index contributed by atoms with van der Waals surface area (Å²) in [7, 11) is 1.68. The van der Waals surface area contributed by atoms with Gasteiger partial charge in [0.1, 0.15) is 5.75 Å². The highest BCUT2D eigenvalue weighted by Crippen LogP contribution is 2.42. The van der Waals surface area contributed by atoms with E-state index in [1.165, 1.54) is 11.1 Å². The number of nitrogens with one attached hydrogen (secondary N) is 1. The molecule has 4 rings (SSSR count). The minimum Gasteiger partial charge on any atom is -0.497 e. The molecule has 2 aliphatic heterocycles. The van der Waals surface area contributed by atoms with E-state index < -0.39 is 0 Å². The molecule has 3 heterocycles. The molecule has 2 aromatic rings. The molecule has 0 saturated carbocycles. The molecule has 6 nitrogen and oxygen atoms in total. The van der Waals surface area contributed by atoms with Crippen LogP contribution in [-0.4, -0.2) is 47.9 Å². The number of methoxy groups -OCH3 is 1. The van der Waals surface area contributed by atoms with Gasteiger partial charge in [-0.2, -0.15) is 5.10 Å². The van der Waals surface area contributed by atoms with Crippen molar-refractivity contribution in [1.82, 2.24) is 15.1 Å². The Kier molecular flexibility index (Phi) is 4.13. The van der Waals surface area contributed by atoms with Gasteiger partial charge in [0, 0.05) is 37.4 Å². The van der Waals surface area contributed by atoms with Gasteiger partial charge in [-0.05, 0) is 47.6 Å².